The van der Waals surface area contributed by atoms with Crippen LogP contribution in [0, 0.1) is 39.6 Å². The first-order valence-electron chi connectivity index (χ1n) is 20.4. The molecule has 0 aliphatic carbocycles. The van der Waals surface area contributed by atoms with Gasteiger partial charge in [-0.05, 0) is 96.5 Å². The molecule has 0 amide bonds. The summed E-state index contributed by atoms with van der Waals surface area (Å²) in [5.74, 6) is 2.81. The SMILES string of the molecule is Cc1cc(C)c(-c2ccc(N3[CH-]N(c4[c-]c(Oc5[c-]c6c(cc5)-c5ccccc5-c5ccccc5N6c5cc(C(C)(C)C)ccn5)ccc4)c4ccccc43)nc2)c(C)c1.[Pt]. The number of pyridine rings is 2. The van der Waals surface area contributed by atoms with E-state index in [4.69, 9.17) is 14.7 Å². The third-order valence-corrected chi connectivity index (χ3v) is 11.4. The topological polar surface area (TPSA) is 44.7 Å². The van der Waals surface area contributed by atoms with Gasteiger partial charge in [-0.15, -0.1) is 48.3 Å². The molecule has 2 aromatic heterocycles. The van der Waals surface area contributed by atoms with E-state index in [1.165, 1.54) is 27.8 Å². The van der Waals surface area contributed by atoms with Crippen LogP contribution in [0.4, 0.5) is 40.1 Å². The molecule has 0 saturated heterocycles. The molecule has 0 unspecified atom stereocenters. The zero-order chi connectivity index (χ0) is 41.1. The number of fused-ring (bicyclic) bond motifs is 6. The Balaban J connectivity index is 0.00000476. The smallest absolute Gasteiger partial charge is 0.135 e. The molecule has 0 fully saturated rings. The molecule has 4 heterocycles. The fourth-order valence-corrected chi connectivity index (χ4v) is 8.68. The predicted molar refractivity (Wildman–Crippen MR) is 245 cm³/mol. The molecule has 2 aliphatic heterocycles. The van der Waals surface area contributed by atoms with E-state index in [1.807, 2.05) is 36.7 Å². The van der Waals surface area contributed by atoms with Gasteiger partial charge in [0.1, 0.15) is 11.6 Å². The second-order valence-electron chi connectivity index (χ2n) is 16.7. The van der Waals surface area contributed by atoms with E-state index in [0.29, 0.717) is 11.5 Å². The first-order chi connectivity index (χ1) is 29.1. The molecule has 6 aromatic carbocycles. The molecule has 61 heavy (non-hydrogen) atoms. The van der Waals surface area contributed by atoms with Crippen molar-refractivity contribution in [1.82, 2.24) is 9.97 Å². The summed E-state index contributed by atoms with van der Waals surface area (Å²) in [5.41, 5.74) is 16.5. The number of aromatic nitrogens is 2. The fourth-order valence-electron chi connectivity index (χ4n) is 8.68. The molecule has 0 bridgehead atoms. The molecule has 7 heteroatoms. The van der Waals surface area contributed by atoms with E-state index in [1.54, 1.807) is 0 Å². The quantitative estimate of drug-likeness (QED) is 0.155. The fraction of sp³-hybridized carbons (Fsp3) is 0.130. The number of para-hydroxylation sites is 3. The molecule has 2 aliphatic rings. The van der Waals surface area contributed by atoms with Crippen LogP contribution in [-0.2, 0) is 26.5 Å². The number of hydrogen-bond donors (Lipinski definition) is 0. The molecular formula is C54H44N5OPt-3. The molecule has 0 spiro atoms. The van der Waals surface area contributed by atoms with Gasteiger partial charge >= 0.3 is 0 Å². The monoisotopic (exact) mass is 973 g/mol. The van der Waals surface area contributed by atoms with Crippen LogP contribution in [0.3, 0.4) is 0 Å². The zero-order valence-corrected chi connectivity index (χ0v) is 37.2. The third kappa shape index (κ3) is 7.29. The van der Waals surface area contributed by atoms with Gasteiger partial charge < -0.3 is 19.4 Å². The van der Waals surface area contributed by atoms with Gasteiger partial charge in [-0.1, -0.05) is 104 Å². The largest absolute Gasteiger partial charge is 0.509 e. The van der Waals surface area contributed by atoms with Crippen molar-refractivity contribution in [1.29, 1.82) is 0 Å². The minimum Gasteiger partial charge on any atom is -0.509 e. The maximum atomic E-state index is 6.68. The Kier molecular flexibility index (Phi) is 10.4. The standard InChI is InChI=1S/C54H44N5O.Pt/c1-35-28-36(2)53(37(3)29-35)38-22-25-51(56-33-38)58-34-57(48-20-11-12-21-49(48)58)40-14-13-15-41(31-40)60-42-23-24-46-44-17-8-7-16-43(44)45-18-9-10-19-47(45)59(50(46)32-42)52-30-39(26-27-55-52)54(4,5)6;/h7-30,33-34H,1-6H3;/q-3;. The second kappa shape index (κ2) is 15.8. The molecule has 0 atom stereocenters. The van der Waals surface area contributed by atoms with Gasteiger partial charge in [0.05, 0.1) is 5.69 Å². The Morgan fingerprint density at radius 1 is 0.574 bits per heavy atom. The summed E-state index contributed by atoms with van der Waals surface area (Å²) in [4.78, 5) is 16.4. The molecule has 10 rings (SSSR count). The van der Waals surface area contributed by atoms with Crippen molar-refractivity contribution in [2.75, 3.05) is 14.7 Å². The van der Waals surface area contributed by atoms with Crippen LogP contribution in [0.5, 0.6) is 11.5 Å². The number of ether oxygens (including phenoxy) is 1. The van der Waals surface area contributed by atoms with Crippen molar-refractivity contribution < 1.29 is 25.8 Å². The van der Waals surface area contributed by atoms with E-state index in [0.717, 1.165) is 67.9 Å². The van der Waals surface area contributed by atoms with Crippen LogP contribution in [0.1, 0.15) is 43.0 Å². The number of benzene rings is 6. The van der Waals surface area contributed by atoms with Crippen molar-refractivity contribution in [2.24, 2.45) is 0 Å². The van der Waals surface area contributed by atoms with Crippen LogP contribution in [0.2, 0.25) is 0 Å². The van der Waals surface area contributed by atoms with Crippen LogP contribution in [0.25, 0.3) is 33.4 Å². The van der Waals surface area contributed by atoms with E-state index < -0.39 is 0 Å². The number of nitrogens with zero attached hydrogens (tertiary/aromatic N) is 5. The minimum atomic E-state index is -0.0596. The Labute approximate surface area is 373 Å². The molecule has 0 radical (unpaired) electrons. The van der Waals surface area contributed by atoms with Gasteiger partial charge in [-0.25, -0.2) is 9.97 Å². The van der Waals surface area contributed by atoms with Crippen LogP contribution in [0.15, 0.2) is 152 Å². The number of rotatable bonds is 6. The molecular weight excluding hydrogens is 930 g/mol. The molecule has 0 N–H and O–H groups in total. The van der Waals surface area contributed by atoms with Gasteiger partial charge in [0, 0.05) is 67.5 Å². The Hall–Kier alpha value is -6.49. The Bertz CT molecular complexity index is 2910. The molecule has 0 saturated carbocycles. The van der Waals surface area contributed by atoms with Crippen molar-refractivity contribution in [3.8, 4) is 44.9 Å². The molecule has 304 valence electrons. The summed E-state index contributed by atoms with van der Waals surface area (Å²) in [7, 11) is 0. The van der Waals surface area contributed by atoms with Crippen molar-refractivity contribution in [3.05, 3.63) is 193 Å². The summed E-state index contributed by atoms with van der Waals surface area (Å²) in [5, 5.41) is 0. The summed E-state index contributed by atoms with van der Waals surface area (Å²) in [6, 6.07) is 55.9. The van der Waals surface area contributed by atoms with Crippen LogP contribution >= 0.6 is 0 Å². The van der Waals surface area contributed by atoms with Gasteiger partial charge in [-0.3, -0.25) is 0 Å². The first kappa shape index (κ1) is 39.9. The second-order valence-corrected chi connectivity index (χ2v) is 16.7. The third-order valence-electron chi connectivity index (χ3n) is 11.4. The van der Waals surface area contributed by atoms with Crippen molar-refractivity contribution >= 4 is 40.1 Å². The summed E-state index contributed by atoms with van der Waals surface area (Å²) in [6.07, 6.45) is 3.89. The Morgan fingerprint density at radius 2 is 1.23 bits per heavy atom. The number of anilines is 7. The number of aryl methyl sites for hydroxylation is 3. The van der Waals surface area contributed by atoms with Crippen molar-refractivity contribution in [2.45, 2.75) is 47.0 Å². The van der Waals surface area contributed by atoms with E-state index in [-0.39, 0.29) is 26.5 Å². The van der Waals surface area contributed by atoms with Crippen LogP contribution in [-0.4, -0.2) is 9.97 Å². The predicted octanol–water partition coefficient (Wildman–Crippen LogP) is 14.3. The van der Waals surface area contributed by atoms with E-state index in [2.05, 4.69) is 190 Å². The minimum absolute atomic E-state index is 0. The van der Waals surface area contributed by atoms with Gasteiger partial charge in [0.15, 0.2) is 0 Å². The average Bonchev–Trinajstić information content (AvgIpc) is 3.58. The summed E-state index contributed by atoms with van der Waals surface area (Å²) < 4.78 is 6.68. The normalized spacial score (nSPS) is 12.8. The molecule has 8 aromatic rings. The summed E-state index contributed by atoms with van der Waals surface area (Å²) in [6.45, 7) is 15.2. The number of hydrogen-bond acceptors (Lipinski definition) is 6. The summed E-state index contributed by atoms with van der Waals surface area (Å²) >= 11 is 0. The van der Waals surface area contributed by atoms with Gasteiger partial charge in [0.25, 0.3) is 0 Å². The zero-order valence-electron chi connectivity index (χ0n) is 35.0. The van der Waals surface area contributed by atoms with E-state index in [9.17, 15) is 0 Å². The van der Waals surface area contributed by atoms with E-state index >= 15 is 0 Å². The first-order valence-corrected chi connectivity index (χ1v) is 20.4. The Morgan fingerprint density at radius 3 is 1.93 bits per heavy atom. The van der Waals surface area contributed by atoms with Gasteiger partial charge in [-0.2, -0.15) is 12.1 Å². The van der Waals surface area contributed by atoms with Gasteiger partial charge in [0.2, 0.25) is 0 Å². The maximum Gasteiger partial charge on any atom is 0.135 e. The molecule has 6 nitrogen and oxygen atoms in total. The van der Waals surface area contributed by atoms with Crippen molar-refractivity contribution in [3.63, 3.8) is 0 Å². The average molecular weight is 974 g/mol. The maximum absolute atomic E-state index is 6.68. The van der Waals surface area contributed by atoms with Crippen LogP contribution < -0.4 is 19.4 Å².